The topological polar surface area (TPSA) is 81.7 Å². The lowest BCUT2D eigenvalue weighted by Gasteiger charge is -2.28. The zero-order valence-corrected chi connectivity index (χ0v) is 29.1. The van der Waals surface area contributed by atoms with Gasteiger partial charge in [0.05, 0.1) is 44.7 Å². The summed E-state index contributed by atoms with van der Waals surface area (Å²) in [5.41, 5.74) is 3.37. The second kappa shape index (κ2) is 20.3. The predicted molar refractivity (Wildman–Crippen MR) is 188 cm³/mol. The Balaban J connectivity index is 1.59. The lowest BCUT2D eigenvalue weighted by atomic mass is 9.91. The lowest BCUT2D eigenvalue weighted by Crippen LogP contribution is -2.32. The number of fused-ring (bicyclic) bond motifs is 2. The Morgan fingerprint density at radius 1 is 1.02 bits per heavy atom. The van der Waals surface area contributed by atoms with Crippen LogP contribution in [0.5, 0.6) is 5.75 Å². The fraction of sp³-hybridized carbons (Fsp3) is 0.525. The monoisotopic (exact) mass is 662 g/mol. The average molecular weight is 663 g/mol. The van der Waals surface area contributed by atoms with Gasteiger partial charge in [-0.2, -0.15) is 0 Å². The highest BCUT2D eigenvalue weighted by Crippen LogP contribution is 2.27. The SMILES string of the molecule is C=C1C[C@@H](C)C[C@@H]2CC=C[C@@H](C/C=C/C(=O)O[C@H]([C@H](/C=C/[C@@H]3CC(C)=CCO3)OCc3ccc(OC)cc3)C/C=C/[C@H](OCOC)C1)O2. The van der Waals surface area contributed by atoms with Crippen LogP contribution in [0.2, 0.25) is 0 Å². The molecule has 262 valence electrons. The van der Waals surface area contributed by atoms with E-state index in [2.05, 4.69) is 38.7 Å². The lowest BCUT2D eigenvalue weighted by molar-refractivity contribution is -0.149. The van der Waals surface area contributed by atoms with Gasteiger partial charge in [0.25, 0.3) is 0 Å². The fourth-order valence-electron chi connectivity index (χ4n) is 6.18. The number of esters is 1. The van der Waals surface area contributed by atoms with Gasteiger partial charge >= 0.3 is 5.97 Å². The number of hydrogen-bond donors (Lipinski definition) is 0. The van der Waals surface area contributed by atoms with Crippen LogP contribution in [0.25, 0.3) is 0 Å². The summed E-state index contributed by atoms with van der Waals surface area (Å²) in [6, 6.07) is 7.74. The maximum atomic E-state index is 13.3. The number of carbonyl (C=O) groups is 1. The molecule has 2 bridgehead atoms. The number of hydrogen-bond acceptors (Lipinski definition) is 8. The van der Waals surface area contributed by atoms with Gasteiger partial charge in [0.15, 0.2) is 0 Å². The highest BCUT2D eigenvalue weighted by molar-refractivity contribution is 5.82. The van der Waals surface area contributed by atoms with E-state index in [1.54, 1.807) is 14.2 Å². The minimum Gasteiger partial charge on any atom is -0.497 e. The molecule has 0 saturated heterocycles. The molecule has 4 rings (SSSR count). The predicted octanol–water partition coefficient (Wildman–Crippen LogP) is 7.76. The second-order valence-corrected chi connectivity index (χ2v) is 13.0. The van der Waals surface area contributed by atoms with Gasteiger partial charge < -0.3 is 33.2 Å². The van der Waals surface area contributed by atoms with Crippen molar-refractivity contribution >= 4 is 5.97 Å². The van der Waals surface area contributed by atoms with Crippen LogP contribution in [0, 0.1) is 5.92 Å². The third-order valence-corrected chi connectivity index (χ3v) is 8.67. The zero-order chi connectivity index (χ0) is 34.1. The van der Waals surface area contributed by atoms with Gasteiger partial charge in [-0.05, 0) is 69.1 Å². The highest BCUT2D eigenvalue weighted by atomic mass is 16.7. The molecule has 1 aromatic rings. The Hall–Kier alpha value is -3.27. The van der Waals surface area contributed by atoms with Gasteiger partial charge in [-0.15, -0.1) is 0 Å². The van der Waals surface area contributed by atoms with Crippen molar-refractivity contribution in [3.63, 3.8) is 0 Å². The molecule has 0 radical (unpaired) electrons. The molecule has 7 atom stereocenters. The van der Waals surface area contributed by atoms with Crippen molar-refractivity contribution in [1.29, 1.82) is 0 Å². The molecule has 8 nitrogen and oxygen atoms in total. The normalized spacial score (nSPS) is 29.7. The van der Waals surface area contributed by atoms with Crippen LogP contribution in [0.15, 0.2) is 96.7 Å². The van der Waals surface area contributed by atoms with Crippen LogP contribution < -0.4 is 4.74 Å². The van der Waals surface area contributed by atoms with Crippen LogP contribution in [0.1, 0.15) is 64.4 Å². The van der Waals surface area contributed by atoms with E-state index in [1.165, 1.54) is 11.6 Å². The van der Waals surface area contributed by atoms with Crippen molar-refractivity contribution in [3.8, 4) is 5.75 Å². The molecule has 0 fully saturated rings. The molecule has 48 heavy (non-hydrogen) atoms. The summed E-state index contributed by atoms with van der Waals surface area (Å²) in [7, 11) is 3.25. The second-order valence-electron chi connectivity index (χ2n) is 13.0. The summed E-state index contributed by atoms with van der Waals surface area (Å²) in [4.78, 5) is 13.3. The van der Waals surface area contributed by atoms with Gasteiger partial charge in [-0.3, -0.25) is 0 Å². The van der Waals surface area contributed by atoms with Gasteiger partial charge in [-0.1, -0.05) is 85.4 Å². The Morgan fingerprint density at radius 2 is 1.83 bits per heavy atom. The number of cyclic esters (lactones) is 1. The molecule has 0 aliphatic carbocycles. The molecule has 0 N–H and O–H groups in total. The molecule has 0 amide bonds. The first-order valence-electron chi connectivity index (χ1n) is 17.1. The Kier molecular flexibility index (Phi) is 15.9. The molecular formula is C40H54O8. The largest absolute Gasteiger partial charge is 0.497 e. The molecular weight excluding hydrogens is 608 g/mol. The van der Waals surface area contributed by atoms with E-state index in [0.29, 0.717) is 38.4 Å². The highest BCUT2D eigenvalue weighted by Gasteiger charge is 2.25. The van der Waals surface area contributed by atoms with Gasteiger partial charge in [0, 0.05) is 19.6 Å². The molecule has 0 unspecified atom stereocenters. The first-order valence-corrected chi connectivity index (χ1v) is 17.1. The van der Waals surface area contributed by atoms with E-state index in [9.17, 15) is 4.79 Å². The van der Waals surface area contributed by atoms with Crippen molar-refractivity contribution in [1.82, 2.24) is 0 Å². The number of ether oxygens (including phenoxy) is 7. The molecule has 0 spiro atoms. The Morgan fingerprint density at radius 3 is 2.60 bits per heavy atom. The van der Waals surface area contributed by atoms with E-state index < -0.39 is 18.2 Å². The zero-order valence-electron chi connectivity index (χ0n) is 29.1. The standard InChI is InChI=1S/C40H54O8/c1-29-21-22-44-36(24-29)19-20-38(45-27-32-15-17-33(43-5)18-16-32)39-13-7-11-35(46-28-42-4)25-30(2)23-31(3)26-37-12-6-9-34(47-37)10-8-14-40(41)48-39/h6-9,11,14-21,31,34-39H,2,10,12-13,22-28H2,1,3-5H3/b11-7+,14-8+,20-19+/t31-,34+,35+,36-,37+,38+,39+/m1/s1. The fourth-order valence-corrected chi connectivity index (χ4v) is 6.18. The van der Waals surface area contributed by atoms with Crippen molar-refractivity contribution < 1.29 is 38.0 Å². The molecule has 0 saturated carbocycles. The number of benzene rings is 1. The molecule has 3 aliphatic heterocycles. The molecule has 3 aliphatic rings. The summed E-state index contributed by atoms with van der Waals surface area (Å²) < 4.78 is 41.5. The van der Waals surface area contributed by atoms with Gasteiger partial charge in [-0.25, -0.2) is 4.79 Å². The smallest absolute Gasteiger partial charge is 0.330 e. The third-order valence-electron chi connectivity index (χ3n) is 8.67. The van der Waals surface area contributed by atoms with Crippen LogP contribution in [-0.4, -0.2) is 70.2 Å². The van der Waals surface area contributed by atoms with Crippen molar-refractivity contribution in [3.05, 3.63) is 102 Å². The molecule has 0 aromatic heterocycles. The summed E-state index contributed by atoms with van der Waals surface area (Å²) >= 11 is 0. The van der Waals surface area contributed by atoms with E-state index in [1.807, 2.05) is 54.6 Å². The van der Waals surface area contributed by atoms with Gasteiger partial charge in [0.2, 0.25) is 0 Å². The van der Waals surface area contributed by atoms with Crippen LogP contribution in [0.3, 0.4) is 0 Å². The van der Waals surface area contributed by atoms with E-state index in [0.717, 1.165) is 42.6 Å². The molecule has 8 heteroatoms. The van der Waals surface area contributed by atoms with Gasteiger partial charge in [0.1, 0.15) is 24.8 Å². The summed E-state index contributed by atoms with van der Waals surface area (Å²) in [5, 5.41) is 0. The summed E-state index contributed by atoms with van der Waals surface area (Å²) in [6.45, 7) is 9.79. The van der Waals surface area contributed by atoms with E-state index in [4.69, 9.17) is 33.2 Å². The number of rotatable bonds is 10. The van der Waals surface area contributed by atoms with E-state index in [-0.39, 0.29) is 31.2 Å². The van der Waals surface area contributed by atoms with Crippen LogP contribution in [-0.2, 0) is 39.8 Å². The maximum Gasteiger partial charge on any atom is 0.330 e. The first kappa shape index (κ1) is 37.5. The average Bonchev–Trinajstić information content (AvgIpc) is 3.06. The quantitative estimate of drug-likeness (QED) is 0.143. The first-order chi connectivity index (χ1) is 23.3. The minimum atomic E-state index is -0.617. The minimum absolute atomic E-state index is 0.0795. The van der Waals surface area contributed by atoms with E-state index >= 15 is 0 Å². The van der Waals surface area contributed by atoms with Crippen LogP contribution >= 0.6 is 0 Å². The Labute approximate surface area is 287 Å². The summed E-state index contributed by atoms with van der Waals surface area (Å²) in [5.74, 6) is 0.757. The van der Waals surface area contributed by atoms with Crippen LogP contribution in [0.4, 0.5) is 0 Å². The van der Waals surface area contributed by atoms with Crippen molar-refractivity contribution in [2.45, 2.75) is 102 Å². The number of carbonyl (C=O) groups excluding carboxylic acids is 1. The third kappa shape index (κ3) is 13.3. The maximum absolute atomic E-state index is 13.3. The summed E-state index contributed by atoms with van der Waals surface area (Å²) in [6.07, 6.45) is 21.5. The van der Waals surface area contributed by atoms with Crippen molar-refractivity contribution in [2.24, 2.45) is 5.92 Å². The molecule has 1 aromatic carbocycles. The molecule has 3 heterocycles. The van der Waals surface area contributed by atoms with Crippen molar-refractivity contribution in [2.75, 3.05) is 27.6 Å². The number of methoxy groups -OCH3 is 2. The Bertz CT molecular complexity index is 1290.